The van der Waals surface area contributed by atoms with Gasteiger partial charge in [-0.1, -0.05) is 36.8 Å². The van der Waals surface area contributed by atoms with Gasteiger partial charge in [0, 0.05) is 103 Å². The van der Waals surface area contributed by atoms with E-state index >= 15 is 0 Å². The van der Waals surface area contributed by atoms with Gasteiger partial charge in [-0.3, -0.25) is 48.7 Å². The van der Waals surface area contributed by atoms with Crippen LogP contribution in [0.4, 0.5) is 30.2 Å². The predicted octanol–water partition coefficient (Wildman–Crippen LogP) is 4.46. The lowest BCUT2D eigenvalue weighted by atomic mass is 10.0. The van der Waals surface area contributed by atoms with Crippen LogP contribution in [0.25, 0.3) is 11.1 Å². The molecule has 3 fully saturated rings. The van der Waals surface area contributed by atoms with Crippen LogP contribution in [0.2, 0.25) is 0 Å². The Morgan fingerprint density at radius 2 is 1.33 bits per heavy atom. The topological polar surface area (TPSA) is 246 Å². The summed E-state index contributed by atoms with van der Waals surface area (Å²) < 4.78 is 69.6. The Morgan fingerprint density at radius 3 is 2.02 bits per heavy atom. The van der Waals surface area contributed by atoms with Crippen molar-refractivity contribution < 1.29 is 65.6 Å². The van der Waals surface area contributed by atoms with Crippen molar-refractivity contribution >= 4 is 52.5 Å². The monoisotopic (exact) mass is 1190 g/mol. The minimum atomic E-state index is -4.90. The number of hydrogen-bond donors (Lipinski definition) is 5. The number of aromatic nitrogens is 1. The van der Waals surface area contributed by atoms with E-state index in [4.69, 9.17) is 23.7 Å². The summed E-state index contributed by atoms with van der Waals surface area (Å²) in [7, 11) is 2.02. The molecule has 5 N–H and O–H groups in total. The number of ether oxygens (including phenoxy) is 5. The molecule has 0 bridgehead atoms. The lowest BCUT2D eigenvalue weighted by molar-refractivity contribution is -0.138. The van der Waals surface area contributed by atoms with Crippen LogP contribution in [-0.4, -0.2) is 211 Å². The maximum Gasteiger partial charge on any atom is 0.417 e. The number of carbonyl (C=O) groups is 6. The number of anilines is 3. The minimum absolute atomic E-state index is 0.0450. The van der Waals surface area contributed by atoms with E-state index in [1.165, 1.54) is 0 Å². The van der Waals surface area contributed by atoms with Crippen molar-refractivity contribution in [1.82, 2.24) is 35.2 Å². The van der Waals surface area contributed by atoms with E-state index in [0.29, 0.717) is 115 Å². The number of hydrogen-bond acceptors (Lipinski definition) is 17. The fraction of sp³-hybridized carbons (Fsp3) is 0.517. The van der Waals surface area contributed by atoms with E-state index in [1.54, 1.807) is 24.3 Å². The van der Waals surface area contributed by atoms with Gasteiger partial charge in [0.15, 0.2) is 0 Å². The van der Waals surface area contributed by atoms with Crippen molar-refractivity contribution in [3.8, 4) is 11.1 Å². The van der Waals surface area contributed by atoms with Crippen LogP contribution in [0.5, 0.6) is 0 Å². The highest BCUT2D eigenvalue weighted by Crippen LogP contribution is 2.36. The molecule has 0 spiro atoms. The summed E-state index contributed by atoms with van der Waals surface area (Å²) in [6.07, 6.45) is -0.739. The molecule has 4 aliphatic rings. The SMILES string of the molecule is CN1CCN(c2ccc(-c3cccc(CN4CCN(CCCCCNC(=O)CCOCCOCCOCCOCCOCCNc5cccc6c5C(=O)N(C5CCC(=O)NC5=O)C6=O)CC4)c3)cc2NC(=O)c2c[nH]c(=O)cc2C(F)(F)F)CC1. The summed E-state index contributed by atoms with van der Waals surface area (Å²) in [6.45, 7) is 13.0. The third-order valence-corrected chi connectivity index (χ3v) is 15.2. The number of unbranched alkanes of at least 4 members (excludes halogenated alkanes) is 2. The molecule has 5 heterocycles. The number of benzene rings is 3. The first-order chi connectivity index (χ1) is 41.1. The first-order valence-electron chi connectivity index (χ1n) is 29.1. The van der Waals surface area contributed by atoms with Crippen LogP contribution in [0.3, 0.4) is 0 Å². The number of amides is 6. The molecule has 6 amide bonds. The lowest BCUT2D eigenvalue weighted by Crippen LogP contribution is -2.54. The lowest BCUT2D eigenvalue weighted by Gasteiger charge is -2.35. The molecule has 3 aromatic carbocycles. The number of piperidine rings is 1. The highest BCUT2D eigenvalue weighted by Gasteiger charge is 2.45. The molecule has 0 radical (unpaired) electrons. The summed E-state index contributed by atoms with van der Waals surface area (Å²) in [4.78, 5) is 100. The van der Waals surface area contributed by atoms with Crippen LogP contribution >= 0.6 is 0 Å². The molecule has 25 heteroatoms. The van der Waals surface area contributed by atoms with E-state index < -0.39 is 58.4 Å². The zero-order valence-electron chi connectivity index (χ0n) is 48.1. The number of H-pyrrole nitrogens is 1. The van der Waals surface area contributed by atoms with Crippen LogP contribution in [0, 0.1) is 0 Å². The molecule has 0 saturated carbocycles. The molecule has 8 rings (SSSR count). The van der Waals surface area contributed by atoms with Gasteiger partial charge in [0.2, 0.25) is 23.3 Å². The average molecular weight is 1190 g/mol. The molecule has 3 saturated heterocycles. The summed E-state index contributed by atoms with van der Waals surface area (Å²) >= 11 is 0. The number of nitrogens with zero attached hydrogens (tertiary/aromatic N) is 5. The first kappa shape index (κ1) is 63.9. The van der Waals surface area contributed by atoms with Crippen molar-refractivity contribution in [1.29, 1.82) is 0 Å². The Bertz CT molecular complexity index is 2990. The van der Waals surface area contributed by atoms with E-state index in [-0.39, 0.29) is 36.3 Å². The van der Waals surface area contributed by atoms with Gasteiger partial charge in [-0.2, -0.15) is 13.2 Å². The molecule has 4 aromatic rings. The molecule has 22 nitrogen and oxygen atoms in total. The van der Waals surface area contributed by atoms with Gasteiger partial charge in [-0.05, 0) is 79.9 Å². The summed E-state index contributed by atoms with van der Waals surface area (Å²) in [5.41, 5.74) is 1.87. The molecule has 1 atom stereocenters. The zero-order valence-corrected chi connectivity index (χ0v) is 48.1. The molecule has 4 aliphatic heterocycles. The predicted molar refractivity (Wildman–Crippen MR) is 310 cm³/mol. The van der Waals surface area contributed by atoms with Crippen LogP contribution in [-0.2, 0) is 50.8 Å². The Hall–Kier alpha value is -7.10. The van der Waals surface area contributed by atoms with Gasteiger partial charge < -0.3 is 59.3 Å². The van der Waals surface area contributed by atoms with E-state index in [9.17, 15) is 46.7 Å². The van der Waals surface area contributed by atoms with Crippen molar-refractivity contribution in [2.45, 2.75) is 57.3 Å². The smallest absolute Gasteiger partial charge is 0.382 e. The van der Waals surface area contributed by atoms with Gasteiger partial charge in [0.05, 0.1) is 99.7 Å². The highest BCUT2D eigenvalue weighted by atomic mass is 19.4. The van der Waals surface area contributed by atoms with Crippen LogP contribution in [0.1, 0.15) is 80.7 Å². The molecule has 460 valence electrons. The number of piperazine rings is 2. The number of halogens is 3. The van der Waals surface area contributed by atoms with Gasteiger partial charge in [0.1, 0.15) is 6.04 Å². The van der Waals surface area contributed by atoms with Crippen molar-refractivity contribution in [2.24, 2.45) is 0 Å². The number of nitrogens with one attached hydrogen (secondary N) is 5. The number of alkyl halides is 3. The highest BCUT2D eigenvalue weighted by molar-refractivity contribution is 6.25. The summed E-state index contributed by atoms with van der Waals surface area (Å²) in [5, 5.41) is 11.1. The fourth-order valence-electron chi connectivity index (χ4n) is 10.5. The van der Waals surface area contributed by atoms with Gasteiger partial charge in [-0.25, -0.2) is 0 Å². The standard InChI is InChI=1S/C60H77F3N10O12/c1-69-19-25-72(26-20-69)50-12-11-44(38-49(50)67-56(77)46-40-66-54(76)39-47(46)60(61,62)63)43-8-5-7-42(37-43)41-71-23-21-70(22-24-71)18-4-2-3-16-65-52(74)15-27-81-29-31-83-33-35-85-36-34-84-32-30-82-28-17-64-48-10-6-9-45-55(48)59(80)73(58(45)79)51-13-14-53(75)68-57(51)78/h5-12,37-40,51,64H,2-4,13-36,41H2,1H3,(H,65,74)(H,66,76)(H,67,77)(H,68,75,78). The molecule has 0 aliphatic carbocycles. The van der Waals surface area contributed by atoms with E-state index in [2.05, 4.69) is 58.0 Å². The average Bonchev–Trinajstić information content (AvgIpc) is 2.00. The Morgan fingerprint density at radius 1 is 0.671 bits per heavy atom. The van der Waals surface area contributed by atoms with Gasteiger partial charge >= 0.3 is 6.18 Å². The maximum atomic E-state index is 13.9. The maximum absolute atomic E-state index is 13.9. The number of pyridine rings is 1. The number of rotatable bonds is 32. The Labute approximate surface area is 491 Å². The van der Waals surface area contributed by atoms with E-state index in [1.807, 2.05) is 31.3 Å². The van der Waals surface area contributed by atoms with Crippen molar-refractivity contribution in [3.63, 3.8) is 0 Å². The molecular formula is C60H77F3N10O12. The minimum Gasteiger partial charge on any atom is -0.382 e. The number of carbonyl (C=O) groups excluding carboxylic acids is 6. The molecule has 1 aromatic heterocycles. The normalized spacial score (nSPS) is 17.1. The number of likely N-dealkylation sites (N-methyl/N-ethyl adjacent to an activating group) is 1. The molecule has 85 heavy (non-hydrogen) atoms. The van der Waals surface area contributed by atoms with Crippen LogP contribution in [0.15, 0.2) is 77.7 Å². The third kappa shape index (κ3) is 18.7. The summed E-state index contributed by atoms with van der Waals surface area (Å²) in [5.74, 6) is -3.24. The number of fused-ring (bicyclic) bond motifs is 1. The number of aromatic amines is 1. The second kappa shape index (κ2) is 31.9. The largest absolute Gasteiger partial charge is 0.417 e. The quantitative estimate of drug-likeness (QED) is 0.0335. The van der Waals surface area contributed by atoms with E-state index in [0.717, 1.165) is 99.4 Å². The van der Waals surface area contributed by atoms with Crippen LogP contribution < -0.4 is 31.7 Å². The zero-order chi connectivity index (χ0) is 60.1. The second-order valence-electron chi connectivity index (χ2n) is 21.2. The second-order valence-corrected chi connectivity index (χ2v) is 21.2. The van der Waals surface area contributed by atoms with Crippen molar-refractivity contribution in [2.75, 3.05) is 161 Å². The Balaban J connectivity index is 0.608. The molecular weight excluding hydrogens is 1110 g/mol. The summed E-state index contributed by atoms with van der Waals surface area (Å²) in [6, 6.07) is 18.1. The van der Waals surface area contributed by atoms with Gasteiger partial charge in [-0.15, -0.1) is 0 Å². The molecule has 1 unspecified atom stereocenters. The third-order valence-electron chi connectivity index (χ3n) is 15.2. The first-order valence-corrected chi connectivity index (χ1v) is 29.1. The van der Waals surface area contributed by atoms with Crippen molar-refractivity contribution in [3.05, 3.63) is 111 Å². The Kier molecular flexibility index (Phi) is 24.0. The van der Waals surface area contributed by atoms with Gasteiger partial charge in [0.25, 0.3) is 17.7 Å². The fourth-order valence-corrected chi connectivity index (χ4v) is 10.5. The number of imide groups is 2.